The maximum absolute atomic E-state index is 12.0. The highest BCUT2D eigenvalue weighted by Gasteiger charge is 2.27. The highest BCUT2D eigenvalue weighted by Crippen LogP contribution is 2.29. The summed E-state index contributed by atoms with van der Waals surface area (Å²) in [5.74, 6) is 0.819. The van der Waals surface area contributed by atoms with Gasteiger partial charge in [0.1, 0.15) is 11.9 Å². The molecule has 2 atom stereocenters. The number of rotatable bonds is 5. The van der Waals surface area contributed by atoms with Crippen molar-refractivity contribution < 1.29 is 9.53 Å². The molecule has 1 aliphatic rings. The van der Waals surface area contributed by atoms with Crippen LogP contribution < -0.4 is 10.2 Å². The molecule has 1 amide bonds. The Morgan fingerprint density at radius 2 is 2.29 bits per heavy atom. The van der Waals surface area contributed by atoms with Gasteiger partial charge in [-0.3, -0.25) is 4.79 Å². The van der Waals surface area contributed by atoms with E-state index in [1.54, 1.807) is 17.5 Å². The highest BCUT2D eigenvalue weighted by atomic mass is 32.1. The second kappa shape index (κ2) is 7.77. The third-order valence-electron chi connectivity index (χ3n) is 4.04. The zero-order chi connectivity index (χ0) is 16.9. The van der Waals surface area contributed by atoms with Crippen molar-refractivity contribution >= 4 is 23.1 Å². The Morgan fingerprint density at radius 1 is 1.42 bits per heavy atom. The molecule has 24 heavy (non-hydrogen) atoms. The van der Waals surface area contributed by atoms with E-state index in [9.17, 15) is 4.79 Å². The number of carbonyl (C=O) groups excluding carboxylic acids is 1. The van der Waals surface area contributed by atoms with Crippen LogP contribution in [0.2, 0.25) is 0 Å². The Morgan fingerprint density at radius 3 is 2.96 bits per heavy atom. The molecule has 0 saturated carbocycles. The Kier molecular flexibility index (Phi) is 5.48. The predicted octanol–water partition coefficient (Wildman–Crippen LogP) is 3.25. The third-order valence-corrected chi connectivity index (χ3v) is 4.75. The van der Waals surface area contributed by atoms with E-state index in [1.807, 2.05) is 19.1 Å². The van der Waals surface area contributed by atoms with E-state index in [4.69, 9.17) is 4.74 Å². The topological polar surface area (TPSA) is 54.5 Å². The molecule has 0 radical (unpaired) electrons. The Labute approximate surface area is 146 Å². The molecule has 3 heterocycles. The van der Waals surface area contributed by atoms with Crippen molar-refractivity contribution in [3.05, 3.63) is 46.3 Å². The van der Waals surface area contributed by atoms with Crippen molar-refractivity contribution in [2.24, 2.45) is 0 Å². The normalized spacial score (nSPS) is 20.8. The summed E-state index contributed by atoms with van der Waals surface area (Å²) in [5, 5.41) is 7.08. The number of thiophene rings is 1. The predicted molar refractivity (Wildman–Crippen MR) is 96.7 cm³/mol. The summed E-state index contributed by atoms with van der Waals surface area (Å²) in [6.45, 7) is 6.37. The molecule has 2 unspecified atom stereocenters. The van der Waals surface area contributed by atoms with E-state index in [0.717, 1.165) is 25.3 Å². The third kappa shape index (κ3) is 3.94. The van der Waals surface area contributed by atoms with Gasteiger partial charge in [0.2, 0.25) is 0 Å². The highest BCUT2D eigenvalue weighted by molar-refractivity contribution is 7.07. The van der Waals surface area contributed by atoms with Gasteiger partial charge in [-0.2, -0.15) is 11.3 Å². The summed E-state index contributed by atoms with van der Waals surface area (Å²) in [7, 11) is 0. The van der Waals surface area contributed by atoms with Gasteiger partial charge in [-0.15, -0.1) is 0 Å². The summed E-state index contributed by atoms with van der Waals surface area (Å²) in [4.78, 5) is 18.7. The molecule has 0 aliphatic carbocycles. The molecule has 128 valence electrons. The average molecular weight is 345 g/mol. The van der Waals surface area contributed by atoms with Crippen molar-refractivity contribution in [2.75, 3.05) is 24.5 Å². The van der Waals surface area contributed by atoms with Gasteiger partial charge in [0.15, 0.2) is 0 Å². The first kappa shape index (κ1) is 16.9. The number of morpholine rings is 1. The minimum Gasteiger partial charge on any atom is -0.367 e. The van der Waals surface area contributed by atoms with Crippen LogP contribution in [0.4, 0.5) is 5.82 Å². The molecule has 0 bridgehead atoms. The van der Waals surface area contributed by atoms with E-state index in [2.05, 4.69) is 39.0 Å². The second-order valence-electron chi connectivity index (χ2n) is 6.06. The summed E-state index contributed by atoms with van der Waals surface area (Å²) >= 11 is 1.68. The Bertz CT molecular complexity index is 657. The number of aromatic nitrogens is 1. The van der Waals surface area contributed by atoms with Crippen LogP contribution in [0.3, 0.4) is 0 Å². The molecule has 6 heteroatoms. The van der Waals surface area contributed by atoms with Crippen LogP contribution in [0.1, 0.15) is 42.3 Å². The molecule has 1 fully saturated rings. The monoisotopic (exact) mass is 345 g/mol. The minimum atomic E-state index is -0.0672. The van der Waals surface area contributed by atoms with Gasteiger partial charge in [0.05, 0.1) is 11.7 Å². The zero-order valence-corrected chi connectivity index (χ0v) is 14.9. The fraction of sp³-hybridized carbons (Fsp3) is 0.444. The van der Waals surface area contributed by atoms with E-state index < -0.39 is 0 Å². The number of nitrogens with one attached hydrogen (secondary N) is 1. The van der Waals surface area contributed by atoms with Gasteiger partial charge in [-0.05, 0) is 47.9 Å². The lowest BCUT2D eigenvalue weighted by Gasteiger charge is -2.37. The molecule has 2 aromatic heterocycles. The number of carbonyl (C=O) groups is 1. The lowest BCUT2D eigenvalue weighted by Crippen LogP contribution is -2.43. The number of anilines is 1. The van der Waals surface area contributed by atoms with Gasteiger partial charge in [-0.1, -0.05) is 6.92 Å². The lowest BCUT2D eigenvalue weighted by molar-refractivity contribution is -0.0174. The van der Waals surface area contributed by atoms with Gasteiger partial charge in [0.25, 0.3) is 5.91 Å². The van der Waals surface area contributed by atoms with Crippen LogP contribution in [0, 0.1) is 0 Å². The van der Waals surface area contributed by atoms with E-state index in [-0.39, 0.29) is 18.1 Å². The van der Waals surface area contributed by atoms with Gasteiger partial charge >= 0.3 is 0 Å². The number of nitrogens with zero attached hydrogens (tertiary/aromatic N) is 2. The van der Waals surface area contributed by atoms with Gasteiger partial charge < -0.3 is 15.0 Å². The molecule has 5 nitrogen and oxygen atoms in total. The fourth-order valence-electron chi connectivity index (χ4n) is 2.83. The van der Waals surface area contributed by atoms with E-state index >= 15 is 0 Å². The smallest absolute Gasteiger partial charge is 0.252 e. The summed E-state index contributed by atoms with van der Waals surface area (Å²) < 4.78 is 6.06. The van der Waals surface area contributed by atoms with Crippen LogP contribution >= 0.6 is 11.3 Å². The van der Waals surface area contributed by atoms with Crippen LogP contribution in [0.15, 0.2) is 35.2 Å². The number of amides is 1. The van der Waals surface area contributed by atoms with E-state index in [1.165, 1.54) is 5.56 Å². The van der Waals surface area contributed by atoms with Crippen molar-refractivity contribution in [1.29, 1.82) is 0 Å². The van der Waals surface area contributed by atoms with Crippen LogP contribution in [0.25, 0.3) is 0 Å². The maximum Gasteiger partial charge on any atom is 0.252 e. The average Bonchev–Trinajstić information content (AvgIpc) is 3.14. The first-order valence-corrected chi connectivity index (χ1v) is 9.28. The fourth-order valence-corrected chi connectivity index (χ4v) is 3.53. The van der Waals surface area contributed by atoms with Gasteiger partial charge in [0, 0.05) is 25.8 Å². The minimum absolute atomic E-state index is 0.0642. The number of hydrogen-bond acceptors (Lipinski definition) is 5. The molecular weight excluding hydrogens is 322 g/mol. The van der Waals surface area contributed by atoms with Crippen LogP contribution in [0.5, 0.6) is 0 Å². The Hall–Kier alpha value is -1.92. The quantitative estimate of drug-likeness (QED) is 0.904. The molecule has 1 saturated heterocycles. The molecule has 2 aromatic rings. The first-order valence-electron chi connectivity index (χ1n) is 8.34. The van der Waals surface area contributed by atoms with Crippen LogP contribution in [-0.2, 0) is 4.74 Å². The molecule has 1 aliphatic heterocycles. The summed E-state index contributed by atoms with van der Waals surface area (Å²) in [6.07, 6.45) is 2.78. The molecular formula is C18H23N3O2S. The van der Waals surface area contributed by atoms with Crippen molar-refractivity contribution in [2.45, 2.75) is 32.5 Å². The number of pyridine rings is 1. The molecule has 3 rings (SSSR count). The first-order chi connectivity index (χ1) is 11.7. The van der Waals surface area contributed by atoms with Gasteiger partial charge in [-0.25, -0.2) is 4.98 Å². The standard InChI is InChI=1S/C18H23N3O2S/c1-3-7-19-18(22)14-4-5-17(20-9-14)21-10-13(2)23-16(11-21)15-6-8-24-12-15/h4-6,8-9,12-13,16H,3,7,10-11H2,1-2H3,(H,19,22). The summed E-state index contributed by atoms with van der Waals surface area (Å²) in [6, 6.07) is 5.87. The molecule has 0 spiro atoms. The lowest BCUT2D eigenvalue weighted by atomic mass is 10.1. The second-order valence-corrected chi connectivity index (χ2v) is 6.84. The molecule has 1 N–H and O–H groups in total. The van der Waals surface area contributed by atoms with Crippen molar-refractivity contribution in [3.63, 3.8) is 0 Å². The van der Waals surface area contributed by atoms with Crippen LogP contribution in [-0.4, -0.2) is 36.6 Å². The number of ether oxygens (including phenoxy) is 1. The maximum atomic E-state index is 12.0. The zero-order valence-electron chi connectivity index (χ0n) is 14.1. The van der Waals surface area contributed by atoms with Crippen molar-refractivity contribution in [3.8, 4) is 0 Å². The van der Waals surface area contributed by atoms with E-state index in [0.29, 0.717) is 12.1 Å². The number of hydrogen-bond donors (Lipinski definition) is 1. The largest absolute Gasteiger partial charge is 0.367 e. The Balaban J connectivity index is 1.70. The molecule has 0 aromatic carbocycles. The van der Waals surface area contributed by atoms with Crippen molar-refractivity contribution in [1.82, 2.24) is 10.3 Å². The SMILES string of the molecule is CCCNC(=O)c1ccc(N2CC(C)OC(c3ccsc3)C2)nc1. The summed E-state index contributed by atoms with van der Waals surface area (Å²) in [5.41, 5.74) is 1.81.